The standard InChI is InChI=1S/C12H14N2O4S/c1-4-8(11(16)18-3)14-10(15)7-5-6(2)19-9(7)13-12(14)17/h5,8H,4H2,1-3H3,(H,13,17). The fourth-order valence-corrected chi connectivity index (χ4v) is 2.91. The Hall–Kier alpha value is -1.89. The minimum absolute atomic E-state index is 0.310. The van der Waals surface area contributed by atoms with Crippen molar-refractivity contribution in [1.29, 1.82) is 0 Å². The van der Waals surface area contributed by atoms with E-state index in [1.807, 2.05) is 6.92 Å². The van der Waals surface area contributed by atoms with Crippen LogP contribution in [0.15, 0.2) is 15.7 Å². The van der Waals surface area contributed by atoms with E-state index in [0.29, 0.717) is 16.6 Å². The monoisotopic (exact) mass is 282 g/mol. The van der Waals surface area contributed by atoms with E-state index in [9.17, 15) is 14.4 Å². The molecule has 0 fully saturated rings. The highest BCUT2D eigenvalue weighted by atomic mass is 32.1. The van der Waals surface area contributed by atoms with Gasteiger partial charge in [0.05, 0.1) is 12.5 Å². The maximum atomic E-state index is 12.3. The van der Waals surface area contributed by atoms with E-state index in [-0.39, 0.29) is 0 Å². The second-order valence-corrected chi connectivity index (χ2v) is 5.41. The third kappa shape index (κ3) is 2.21. The molecular weight excluding hydrogens is 268 g/mol. The number of aromatic nitrogens is 2. The molecule has 19 heavy (non-hydrogen) atoms. The minimum atomic E-state index is -0.897. The van der Waals surface area contributed by atoms with E-state index in [2.05, 4.69) is 9.72 Å². The predicted octanol–water partition coefficient (Wildman–Crippen LogP) is 1.18. The van der Waals surface area contributed by atoms with E-state index in [4.69, 9.17) is 0 Å². The highest BCUT2D eigenvalue weighted by Gasteiger charge is 2.24. The second kappa shape index (κ2) is 5.00. The summed E-state index contributed by atoms with van der Waals surface area (Å²) in [6.45, 7) is 3.57. The van der Waals surface area contributed by atoms with Crippen LogP contribution in [0.1, 0.15) is 24.3 Å². The van der Waals surface area contributed by atoms with Crippen LogP contribution in [0.25, 0.3) is 10.2 Å². The van der Waals surface area contributed by atoms with Gasteiger partial charge >= 0.3 is 11.7 Å². The fraction of sp³-hybridized carbons (Fsp3) is 0.417. The fourth-order valence-electron chi connectivity index (χ4n) is 2.02. The Kier molecular flexibility index (Phi) is 3.57. The molecule has 2 heterocycles. The van der Waals surface area contributed by atoms with Crippen LogP contribution in [0.2, 0.25) is 0 Å². The van der Waals surface area contributed by atoms with E-state index in [1.54, 1.807) is 13.0 Å². The lowest BCUT2D eigenvalue weighted by Crippen LogP contribution is -2.40. The van der Waals surface area contributed by atoms with Crippen molar-refractivity contribution >= 4 is 27.5 Å². The molecule has 0 aliphatic rings. The third-order valence-corrected chi connectivity index (χ3v) is 3.88. The number of esters is 1. The maximum absolute atomic E-state index is 12.3. The molecule has 7 heteroatoms. The summed E-state index contributed by atoms with van der Waals surface area (Å²) in [5.41, 5.74) is -1.04. The van der Waals surface area contributed by atoms with Crippen molar-refractivity contribution in [2.45, 2.75) is 26.3 Å². The number of carbonyl (C=O) groups is 1. The summed E-state index contributed by atoms with van der Waals surface area (Å²) >= 11 is 1.34. The molecule has 0 aliphatic heterocycles. The molecule has 0 aliphatic carbocycles. The first-order valence-electron chi connectivity index (χ1n) is 5.82. The lowest BCUT2D eigenvalue weighted by atomic mass is 10.2. The van der Waals surface area contributed by atoms with Crippen molar-refractivity contribution in [2.75, 3.05) is 7.11 Å². The van der Waals surface area contributed by atoms with Crippen LogP contribution in [0.4, 0.5) is 0 Å². The summed E-state index contributed by atoms with van der Waals surface area (Å²) in [4.78, 5) is 40.1. The minimum Gasteiger partial charge on any atom is -0.467 e. The molecule has 0 saturated heterocycles. The Morgan fingerprint density at radius 2 is 2.21 bits per heavy atom. The predicted molar refractivity (Wildman–Crippen MR) is 72.8 cm³/mol. The largest absolute Gasteiger partial charge is 0.467 e. The van der Waals surface area contributed by atoms with Gasteiger partial charge in [-0.15, -0.1) is 11.3 Å². The first-order chi connectivity index (χ1) is 8.99. The third-order valence-electron chi connectivity index (χ3n) is 2.92. The van der Waals surface area contributed by atoms with E-state index >= 15 is 0 Å². The number of H-pyrrole nitrogens is 1. The Bertz CT molecular complexity index is 740. The molecule has 102 valence electrons. The number of carbonyl (C=O) groups excluding carboxylic acids is 1. The number of fused-ring (bicyclic) bond motifs is 1. The Balaban J connectivity index is 2.76. The molecule has 1 unspecified atom stereocenters. The molecule has 0 amide bonds. The van der Waals surface area contributed by atoms with Gasteiger partial charge in [0, 0.05) is 4.88 Å². The molecule has 1 atom stereocenters. The molecule has 2 aromatic heterocycles. The number of thiophene rings is 1. The van der Waals surface area contributed by atoms with Crippen molar-refractivity contribution in [3.8, 4) is 0 Å². The zero-order chi connectivity index (χ0) is 14.2. The smallest absolute Gasteiger partial charge is 0.330 e. The number of aryl methyl sites for hydroxylation is 1. The molecular formula is C12H14N2O4S. The van der Waals surface area contributed by atoms with Crippen molar-refractivity contribution in [2.24, 2.45) is 0 Å². The van der Waals surface area contributed by atoms with Gasteiger partial charge in [0.1, 0.15) is 10.9 Å². The number of ether oxygens (including phenoxy) is 1. The molecule has 0 aromatic carbocycles. The first-order valence-corrected chi connectivity index (χ1v) is 6.64. The maximum Gasteiger partial charge on any atom is 0.330 e. The molecule has 0 bridgehead atoms. The highest BCUT2D eigenvalue weighted by Crippen LogP contribution is 2.19. The average Bonchev–Trinajstić information content (AvgIpc) is 2.74. The summed E-state index contributed by atoms with van der Waals surface area (Å²) in [6.07, 6.45) is 0.310. The summed E-state index contributed by atoms with van der Waals surface area (Å²) in [6, 6.07) is 0.810. The number of hydrogen-bond acceptors (Lipinski definition) is 5. The van der Waals surface area contributed by atoms with Gasteiger partial charge in [-0.25, -0.2) is 14.2 Å². The summed E-state index contributed by atoms with van der Waals surface area (Å²) in [7, 11) is 1.23. The van der Waals surface area contributed by atoms with E-state index in [0.717, 1.165) is 9.44 Å². The van der Waals surface area contributed by atoms with Crippen molar-refractivity contribution in [3.63, 3.8) is 0 Å². The Morgan fingerprint density at radius 3 is 2.79 bits per heavy atom. The van der Waals surface area contributed by atoms with Gasteiger partial charge in [-0.3, -0.25) is 9.78 Å². The second-order valence-electron chi connectivity index (χ2n) is 4.15. The summed E-state index contributed by atoms with van der Waals surface area (Å²) < 4.78 is 5.57. The van der Waals surface area contributed by atoms with Crippen molar-refractivity contribution in [1.82, 2.24) is 9.55 Å². The molecule has 0 radical (unpaired) electrons. The molecule has 6 nitrogen and oxygen atoms in total. The quantitative estimate of drug-likeness (QED) is 0.857. The van der Waals surface area contributed by atoms with Crippen LogP contribution >= 0.6 is 11.3 Å². The van der Waals surface area contributed by atoms with Crippen LogP contribution in [0.3, 0.4) is 0 Å². The number of hydrogen-bond donors (Lipinski definition) is 1. The van der Waals surface area contributed by atoms with Gasteiger partial charge in [0.2, 0.25) is 0 Å². The number of methoxy groups -OCH3 is 1. The number of nitrogens with zero attached hydrogens (tertiary/aromatic N) is 1. The van der Waals surface area contributed by atoms with Crippen molar-refractivity contribution in [3.05, 3.63) is 31.8 Å². The Morgan fingerprint density at radius 1 is 1.53 bits per heavy atom. The number of nitrogens with one attached hydrogen (secondary N) is 1. The van der Waals surface area contributed by atoms with Gasteiger partial charge in [-0.2, -0.15) is 0 Å². The molecule has 2 rings (SSSR count). The van der Waals surface area contributed by atoms with Crippen LogP contribution in [0.5, 0.6) is 0 Å². The van der Waals surface area contributed by atoms with Crippen LogP contribution in [0, 0.1) is 6.92 Å². The molecule has 2 aromatic rings. The van der Waals surface area contributed by atoms with Gasteiger partial charge in [0.25, 0.3) is 5.56 Å². The van der Waals surface area contributed by atoms with Crippen LogP contribution < -0.4 is 11.2 Å². The summed E-state index contributed by atoms with van der Waals surface area (Å²) in [5, 5.41) is 0.421. The molecule has 1 N–H and O–H groups in total. The topological polar surface area (TPSA) is 81.2 Å². The van der Waals surface area contributed by atoms with Gasteiger partial charge in [-0.05, 0) is 19.4 Å². The normalized spacial score (nSPS) is 12.6. The van der Waals surface area contributed by atoms with E-state index in [1.165, 1.54) is 18.4 Å². The summed E-state index contributed by atoms with van der Waals surface area (Å²) in [5.74, 6) is -0.596. The zero-order valence-corrected chi connectivity index (χ0v) is 11.7. The van der Waals surface area contributed by atoms with Gasteiger partial charge < -0.3 is 4.74 Å². The van der Waals surface area contributed by atoms with Crippen LogP contribution in [-0.2, 0) is 9.53 Å². The Labute approximate surface area is 112 Å². The van der Waals surface area contributed by atoms with Crippen LogP contribution in [-0.4, -0.2) is 22.6 Å². The van der Waals surface area contributed by atoms with Gasteiger partial charge in [-0.1, -0.05) is 6.92 Å². The lowest BCUT2D eigenvalue weighted by molar-refractivity contribution is -0.144. The van der Waals surface area contributed by atoms with E-state index < -0.39 is 23.3 Å². The lowest BCUT2D eigenvalue weighted by Gasteiger charge is -2.14. The SMILES string of the molecule is CCC(C(=O)OC)n1c(=O)[nH]c2sc(C)cc2c1=O. The molecule has 0 saturated carbocycles. The first kappa shape index (κ1) is 13.5. The van der Waals surface area contributed by atoms with Crippen molar-refractivity contribution < 1.29 is 9.53 Å². The number of aromatic amines is 1. The highest BCUT2D eigenvalue weighted by molar-refractivity contribution is 7.18. The van der Waals surface area contributed by atoms with Gasteiger partial charge in [0.15, 0.2) is 0 Å². The average molecular weight is 282 g/mol. The molecule has 0 spiro atoms. The number of rotatable bonds is 3. The zero-order valence-electron chi connectivity index (χ0n) is 10.9.